The van der Waals surface area contributed by atoms with Crippen molar-refractivity contribution in [3.63, 3.8) is 0 Å². The molecule has 0 unspecified atom stereocenters. The molecule has 0 aromatic carbocycles. The highest BCUT2D eigenvalue weighted by molar-refractivity contribution is 4.84. The lowest BCUT2D eigenvalue weighted by Crippen LogP contribution is -2.47. The van der Waals surface area contributed by atoms with Crippen LogP contribution in [0, 0.1) is 0 Å². The Hall–Kier alpha value is -0.900. The lowest BCUT2D eigenvalue weighted by Gasteiger charge is -2.37. The predicted molar refractivity (Wildman–Crippen MR) is 41.2 cm³/mol. The van der Waals surface area contributed by atoms with Crippen LogP contribution in [0.15, 0.2) is 12.4 Å². The number of likely N-dealkylation sites (N-methyl/N-ethyl adjacent to an activating group) is 1. The Morgan fingerprint density at radius 3 is 2.91 bits per heavy atom. The molecule has 2 heterocycles. The molecule has 1 fully saturated rings. The van der Waals surface area contributed by atoms with E-state index in [2.05, 4.69) is 22.1 Å². The normalized spacial score (nSPS) is 20.1. The standard InChI is InChI=1S/C7H12N4/c1-2-10-5-7(6-10)11-4-3-8-9-11/h3-4,7H,2,5-6H2,1H3. The van der Waals surface area contributed by atoms with E-state index >= 15 is 0 Å². The third-order valence-corrected chi connectivity index (χ3v) is 2.20. The lowest BCUT2D eigenvalue weighted by atomic mass is 10.1. The van der Waals surface area contributed by atoms with Crippen molar-refractivity contribution in [3.05, 3.63) is 12.4 Å². The minimum atomic E-state index is 0.567. The molecular formula is C7H12N4. The van der Waals surface area contributed by atoms with Gasteiger partial charge in [0.15, 0.2) is 0 Å². The fourth-order valence-electron chi connectivity index (χ4n) is 1.38. The van der Waals surface area contributed by atoms with Crippen LogP contribution in [0.5, 0.6) is 0 Å². The SMILES string of the molecule is CCN1CC(n2ccnn2)C1. The van der Waals surface area contributed by atoms with Gasteiger partial charge in [-0.3, -0.25) is 4.90 Å². The first-order chi connectivity index (χ1) is 5.40. The zero-order valence-corrected chi connectivity index (χ0v) is 6.64. The molecular weight excluding hydrogens is 140 g/mol. The fraction of sp³-hybridized carbons (Fsp3) is 0.714. The Kier molecular flexibility index (Phi) is 1.62. The second-order valence-electron chi connectivity index (χ2n) is 2.89. The molecule has 0 spiro atoms. The van der Waals surface area contributed by atoms with Crippen LogP contribution in [0.2, 0.25) is 0 Å². The molecule has 0 saturated carbocycles. The second kappa shape index (κ2) is 2.62. The van der Waals surface area contributed by atoms with Crippen molar-refractivity contribution in [2.24, 2.45) is 0 Å². The summed E-state index contributed by atoms with van der Waals surface area (Å²) in [7, 11) is 0. The monoisotopic (exact) mass is 152 g/mol. The van der Waals surface area contributed by atoms with E-state index in [-0.39, 0.29) is 0 Å². The van der Waals surface area contributed by atoms with Crippen LogP contribution in [0.4, 0.5) is 0 Å². The van der Waals surface area contributed by atoms with E-state index in [4.69, 9.17) is 0 Å². The van der Waals surface area contributed by atoms with E-state index < -0.39 is 0 Å². The van der Waals surface area contributed by atoms with E-state index in [0.29, 0.717) is 6.04 Å². The molecule has 0 amide bonds. The van der Waals surface area contributed by atoms with Gasteiger partial charge in [0.2, 0.25) is 0 Å². The van der Waals surface area contributed by atoms with Crippen LogP contribution in [-0.4, -0.2) is 39.5 Å². The van der Waals surface area contributed by atoms with Gasteiger partial charge >= 0.3 is 0 Å². The molecule has 0 atom stereocenters. The largest absolute Gasteiger partial charge is 0.299 e. The van der Waals surface area contributed by atoms with Crippen molar-refractivity contribution >= 4 is 0 Å². The van der Waals surface area contributed by atoms with Crippen molar-refractivity contribution in [2.45, 2.75) is 13.0 Å². The third kappa shape index (κ3) is 1.14. The molecule has 0 bridgehead atoms. The first-order valence-electron chi connectivity index (χ1n) is 3.98. The summed E-state index contributed by atoms with van der Waals surface area (Å²) >= 11 is 0. The summed E-state index contributed by atoms with van der Waals surface area (Å²) in [5, 5.41) is 7.72. The highest BCUT2D eigenvalue weighted by atomic mass is 15.5. The number of hydrogen-bond donors (Lipinski definition) is 0. The van der Waals surface area contributed by atoms with Gasteiger partial charge in [-0.2, -0.15) is 0 Å². The zero-order chi connectivity index (χ0) is 7.68. The van der Waals surface area contributed by atoms with Gasteiger partial charge in [0.1, 0.15) is 0 Å². The summed E-state index contributed by atoms with van der Waals surface area (Å²) in [5.74, 6) is 0. The number of likely N-dealkylation sites (tertiary alicyclic amines) is 1. The second-order valence-corrected chi connectivity index (χ2v) is 2.89. The molecule has 0 aliphatic carbocycles. The summed E-state index contributed by atoms with van der Waals surface area (Å²) in [6.07, 6.45) is 3.66. The van der Waals surface area contributed by atoms with Crippen molar-refractivity contribution in [1.29, 1.82) is 0 Å². The van der Waals surface area contributed by atoms with Gasteiger partial charge in [-0.05, 0) is 6.54 Å². The summed E-state index contributed by atoms with van der Waals surface area (Å²) in [6.45, 7) is 5.57. The lowest BCUT2D eigenvalue weighted by molar-refractivity contribution is 0.104. The summed E-state index contributed by atoms with van der Waals surface area (Å²) in [6, 6.07) is 0.567. The minimum Gasteiger partial charge on any atom is -0.299 e. The van der Waals surface area contributed by atoms with Gasteiger partial charge in [0.25, 0.3) is 0 Å². The van der Waals surface area contributed by atoms with Gasteiger partial charge < -0.3 is 0 Å². The molecule has 1 saturated heterocycles. The molecule has 0 radical (unpaired) electrons. The maximum absolute atomic E-state index is 3.95. The van der Waals surface area contributed by atoms with E-state index in [1.807, 2.05) is 10.9 Å². The van der Waals surface area contributed by atoms with Gasteiger partial charge in [0, 0.05) is 19.3 Å². The smallest absolute Gasteiger partial charge is 0.0790 e. The Labute approximate surface area is 65.8 Å². The van der Waals surface area contributed by atoms with Crippen LogP contribution < -0.4 is 0 Å². The maximum atomic E-state index is 3.95. The van der Waals surface area contributed by atoms with Crippen LogP contribution in [0.25, 0.3) is 0 Å². The number of aromatic nitrogens is 3. The Morgan fingerprint density at radius 2 is 2.36 bits per heavy atom. The van der Waals surface area contributed by atoms with Crippen LogP contribution in [-0.2, 0) is 0 Å². The Balaban J connectivity index is 1.92. The van der Waals surface area contributed by atoms with Gasteiger partial charge in [-0.15, -0.1) is 5.10 Å². The first kappa shape index (κ1) is 6.79. The maximum Gasteiger partial charge on any atom is 0.0790 e. The van der Waals surface area contributed by atoms with Gasteiger partial charge in [0.05, 0.1) is 12.2 Å². The molecule has 4 heteroatoms. The third-order valence-electron chi connectivity index (χ3n) is 2.20. The fourth-order valence-corrected chi connectivity index (χ4v) is 1.38. The van der Waals surface area contributed by atoms with Crippen molar-refractivity contribution in [3.8, 4) is 0 Å². The predicted octanol–water partition coefficient (Wildman–Crippen LogP) is 0.155. The molecule has 1 aliphatic heterocycles. The van der Waals surface area contributed by atoms with E-state index in [9.17, 15) is 0 Å². The first-order valence-corrected chi connectivity index (χ1v) is 3.98. The average Bonchev–Trinajstić information content (AvgIpc) is 2.37. The minimum absolute atomic E-state index is 0.567. The van der Waals surface area contributed by atoms with Crippen molar-refractivity contribution in [1.82, 2.24) is 19.9 Å². The van der Waals surface area contributed by atoms with Crippen LogP contribution in [0.1, 0.15) is 13.0 Å². The van der Waals surface area contributed by atoms with Crippen LogP contribution >= 0.6 is 0 Å². The highest BCUT2D eigenvalue weighted by Crippen LogP contribution is 2.18. The zero-order valence-electron chi connectivity index (χ0n) is 6.64. The number of hydrogen-bond acceptors (Lipinski definition) is 3. The summed E-state index contributed by atoms with van der Waals surface area (Å²) in [4.78, 5) is 2.38. The van der Waals surface area contributed by atoms with Gasteiger partial charge in [-0.25, -0.2) is 4.68 Å². The molecule has 1 aromatic heterocycles. The average molecular weight is 152 g/mol. The molecule has 4 nitrogen and oxygen atoms in total. The number of nitrogens with zero attached hydrogens (tertiary/aromatic N) is 4. The van der Waals surface area contributed by atoms with Crippen molar-refractivity contribution in [2.75, 3.05) is 19.6 Å². The Bertz CT molecular complexity index is 212. The molecule has 1 aliphatic rings. The topological polar surface area (TPSA) is 34.0 Å². The van der Waals surface area contributed by atoms with E-state index in [0.717, 1.165) is 19.6 Å². The summed E-state index contributed by atoms with van der Waals surface area (Å²) in [5.41, 5.74) is 0. The molecule has 11 heavy (non-hydrogen) atoms. The number of rotatable bonds is 2. The molecule has 1 aromatic rings. The molecule has 2 rings (SSSR count). The summed E-state index contributed by atoms with van der Waals surface area (Å²) < 4.78 is 1.94. The van der Waals surface area contributed by atoms with Crippen molar-refractivity contribution < 1.29 is 0 Å². The quantitative estimate of drug-likeness (QED) is 0.605. The highest BCUT2D eigenvalue weighted by Gasteiger charge is 2.26. The molecule has 60 valence electrons. The van der Waals surface area contributed by atoms with E-state index in [1.54, 1.807) is 6.20 Å². The Morgan fingerprint density at radius 1 is 1.55 bits per heavy atom. The van der Waals surface area contributed by atoms with E-state index in [1.165, 1.54) is 0 Å². The molecule has 0 N–H and O–H groups in total. The van der Waals surface area contributed by atoms with Gasteiger partial charge in [-0.1, -0.05) is 12.1 Å². The van der Waals surface area contributed by atoms with Crippen LogP contribution in [0.3, 0.4) is 0 Å².